The van der Waals surface area contributed by atoms with Crippen LogP contribution in [0.4, 0.5) is 4.39 Å². The smallest absolute Gasteiger partial charge is 0.232 e. The molecule has 2 unspecified atom stereocenters. The third-order valence-corrected chi connectivity index (χ3v) is 5.78. The van der Waals surface area contributed by atoms with Crippen LogP contribution < -0.4 is 0 Å². The van der Waals surface area contributed by atoms with Crippen LogP contribution in [-0.2, 0) is 4.79 Å². The van der Waals surface area contributed by atoms with E-state index in [0.717, 1.165) is 12.8 Å². The minimum Gasteiger partial charge on any atom is -0.332 e. The molecule has 1 aromatic rings. The van der Waals surface area contributed by atoms with Crippen molar-refractivity contribution in [2.75, 3.05) is 0 Å². The summed E-state index contributed by atoms with van der Waals surface area (Å²) in [6.07, 6.45) is 2.37. The molecule has 0 radical (unpaired) electrons. The lowest BCUT2D eigenvalue weighted by molar-refractivity contribution is -0.139. The average Bonchev–Trinajstić information content (AvgIpc) is 3.30. The minimum absolute atomic E-state index is 0.0641. The summed E-state index contributed by atoms with van der Waals surface area (Å²) in [5, 5.41) is 0. The molecule has 0 aromatic heterocycles. The fourth-order valence-electron chi connectivity index (χ4n) is 2.89. The fraction of sp³-hybridized carbons (Fsp3) is 0.562. The molecule has 2 fully saturated rings. The Labute approximate surface area is 134 Å². The lowest BCUT2D eigenvalue weighted by Gasteiger charge is -2.33. The molecule has 0 N–H and O–H groups in total. The van der Waals surface area contributed by atoms with E-state index >= 15 is 0 Å². The van der Waals surface area contributed by atoms with E-state index in [1.807, 2.05) is 6.92 Å². The van der Waals surface area contributed by atoms with E-state index in [-0.39, 0.29) is 23.8 Å². The molecule has 0 bridgehead atoms. The van der Waals surface area contributed by atoms with E-state index < -0.39 is 9.75 Å². The zero-order chi connectivity index (χ0) is 15.4. The van der Waals surface area contributed by atoms with E-state index in [1.54, 1.807) is 30.0 Å². The minimum atomic E-state index is -0.994. The Balaban J connectivity index is 1.89. The normalized spacial score (nSPS) is 28.0. The molecule has 5 heteroatoms. The molecule has 3 rings (SSSR count). The van der Waals surface area contributed by atoms with Crippen molar-refractivity contribution in [2.45, 2.75) is 49.5 Å². The fourth-order valence-corrected chi connectivity index (χ4v) is 3.59. The number of hydrogen-bond donors (Lipinski definition) is 0. The van der Waals surface area contributed by atoms with Crippen molar-refractivity contribution in [1.82, 2.24) is 4.90 Å². The first-order valence-corrected chi connectivity index (χ1v) is 7.98. The Morgan fingerprint density at radius 2 is 1.95 bits per heavy atom. The zero-order valence-electron chi connectivity index (χ0n) is 12.1. The van der Waals surface area contributed by atoms with E-state index in [2.05, 4.69) is 0 Å². The highest BCUT2D eigenvalue weighted by molar-refractivity contribution is 6.53. The van der Waals surface area contributed by atoms with Gasteiger partial charge in [0.25, 0.3) is 0 Å². The largest absolute Gasteiger partial charge is 0.332 e. The predicted octanol–water partition coefficient (Wildman–Crippen LogP) is 4.46. The third kappa shape index (κ3) is 2.44. The molecule has 114 valence electrons. The van der Waals surface area contributed by atoms with Crippen molar-refractivity contribution in [2.24, 2.45) is 5.41 Å². The summed E-state index contributed by atoms with van der Waals surface area (Å²) < 4.78 is 13.0. The Bertz CT molecular complexity index is 587. The quantitative estimate of drug-likeness (QED) is 0.747. The van der Waals surface area contributed by atoms with Crippen LogP contribution in [0, 0.1) is 11.2 Å². The van der Waals surface area contributed by atoms with Crippen molar-refractivity contribution in [3.05, 3.63) is 35.6 Å². The van der Waals surface area contributed by atoms with Crippen LogP contribution in [-0.4, -0.2) is 21.2 Å². The Morgan fingerprint density at radius 3 is 2.43 bits per heavy atom. The van der Waals surface area contributed by atoms with Gasteiger partial charge in [-0.05, 0) is 39.2 Å². The maximum Gasteiger partial charge on any atom is 0.232 e. The van der Waals surface area contributed by atoms with Gasteiger partial charge < -0.3 is 4.90 Å². The molecule has 21 heavy (non-hydrogen) atoms. The van der Waals surface area contributed by atoms with Gasteiger partial charge in [-0.3, -0.25) is 4.79 Å². The first-order chi connectivity index (χ1) is 9.78. The maximum absolute atomic E-state index is 14.0. The molecule has 0 spiro atoms. The molecular weight excluding hydrogens is 312 g/mol. The number of carbonyl (C=O) groups is 1. The van der Waals surface area contributed by atoms with Gasteiger partial charge in [-0.1, -0.05) is 18.2 Å². The van der Waals surface area contributed by atoms with E-state index in [4.69, 9.17) is 23.2 Å². The molecule has 2 aliphatic rings. The lowest BCUT2D eigenvalue weighted by atomic mass is 10.0. The molecular formula is C16H18Cl2FNO. The van der Waals surface area contributed by atoms with E-state index in [9.17, 15) is 9.18 Å². The number of rotatable bonds is 4. The van der Waals surface area contributed by atoms with Gasteiger partial charge in [-0.15, -0.1) is 23.2 Å². The van der Waals surface area contributed by atoms with Gasteiger partial charge in [0.1, 0.15) is 10.2 Å². The highest BCUT2D eigenvalue weighted by Gasteiger charge is 2.69. The summed E-state index contributed by atoms with van der Waals surface area (Å²) in [5.74, 6) is -0.349. The van der Waals surface area contributed by atoms with Crippen LogP contribution in [0.5, 0.6) is 0 Å². The first kappa shape index (κ1) is 15.1. The van der Waals surface area contributed by atoms with Gasteiger partial charge >= 0.3 is 0 Å². The summed E-state index contributed by atoms with van der Waals surface area (Å²) in [4.78, 5) is 14.7. The van der Waals surface area contributed by atoms with Crippen LogP contribution in [0.2, 0.25) is 0 Å². The topological polar surface area (TPSA) is 20.3 Å². The standard InChI is InChI=1S/C16H18Cl2FNO/c1-10(12-5-3-4-6-13(12)19)20(11-7-8-11)14(21)15(2)9-16(15,17)18/h3-6,10-11H,7-9H2,1-2H3. The first-order valence-electron chi connectivity index (χ1n) is 7.23. The number of nitrogens with zero attached hydrogens (tertiary/aromatic N) is 1. The number of benzene rings is 1. The molecule has 2 nitrogen and oxygen atoms in total. The summed E-state index contributed by atoms with van der Waals surface area (Å²) in [5.41, 5.74) is -0.213. The molecule has 2 atom stereocenters. The molecule has 1 aromatic carbocycles. The van der Waals surface area contributed by atoms with E-state index in [1.165, 1.54) is 6.07 Å². The maximum atomic E-state index is 14.0. The number of amides is 1. The van der Waals surface area contributed by atoms with Gasteiger partial charge in [0.05, 0.1) is 11.5 Å². The van der Waals surface area contributed by atoms with Crippen molar-refractivity contribution in [3.8, 4) is 0 Å². The second-order valence-electron chi connectivity index (χ2n) is 6.35. The van der Waals surface area contributed by atoms with Crippen molar-refractivity contribution in [1.29, 1.82) is 0 Å². The van der Waals surface area contributed by atoms with Crippen molar-refractivity contribution >= 4 is 29.1 Å². The Kier molecular flexibility index (Phi) is 3.49. The van der Waals surface area contributed by atoms with Crippen LogP contribution in [0.15, 0.2) is 24.3 Å². The monoisotopic (exact) mass is 329 g/mol. The van der Waals surface area contributed by atoms with Gasteiger partial charge in [0.2, 0.25) is 5.91 Å². The van der Waals surface area contributed by atoms with Gasteiger partial charge in [-0.25, -0.2) is 4.39 Å². The lowest BCUT2D eigenvalue weighted by Crippen LogP contribution is -2.41. The van der Waals surface area contributed by atoms with Crippen LogP contribution in [0.1, 0.15) is 44.7 Å². The highest BCUT2D eigenvalue weighted by Crippen LogP contribution is 2.65. The van der Waals surface area contributed by atoms with Gasteiger partial charge in [0, 0.05) is 11.6 Å². The van der Waals surface area contributed by atoms with Crippen LogP contribution in [0.25, 0.3) is 0 Å². The predicted molar refractivity (Wildman–Crippen MR) is 81.8 cm³/mol. The van der Waals surface area contributed by atoms with Crippen molar-refractivity contribution < 1.29 is 9.18 Å². The second-order valence-corrected chi connectivity index (χ2v) is 7.84. The number of halogens is 3. The number of carbonyl (C=O) groups excluding carboxylic acids is 1. The Hall–Kier alpha value is -0.800. The van der Waals surface area contributed by atoms with Crippen LogP contribution in [0.3, 0.4) is 0 Å². The van der Waals surface area contributed by atoms with Gasteiger partial charge in [-0.2, -0.15) is 0 Å². The number of alkyl halides is 2. The number of hydrogen-bond acceptors (Lipinski definition) is 1. The molecule has 2 saturated carbocycles. The molecule has 0 saturated heterocycles. The van der Waals surface area contributed by atoms with Gasteiger partial charge in [0.15, 0.2) is 0 Å². The molecule has 0 heterocycles. The Morgan fingerprint density at radius 1 is 1.38 bits per heavy atom. The SMILES string of the molecule is CC(c1ccccc1F)N(C(=O)C1(C)CC1(Cl)Cl)C1CC1. The zero-order valence-corrected chi connectivity index (χ0v) is 13.6. The van der Waals surface area contributed by atoms with Crippen molar-refractivity contribution in [3.63, 3.8) is 0 Å². The summed E-state index contributed by atoms with van der Waals surface area (Å²) >= 11 is 12.3. The summed E-state index contributed by atoms with van der Waals surface area (Å²) in [7, 11) is 0. The second kappa shape index (κ2) is 4.85. The highest BCUT2D eigenvalue weighted by atomic mass is 35.5. The summed E-state index contributed by atoms with van der Waals surface area (Å²) in [6, 6.07) is 6.46. The van der Waals surface area contributed by atoms with Crippen LogP contribution >= 0.6 is 23.2 Å². The molecule has 1 amide bonds. The van der Waals surface area contributed by atoms with E-state index in [0.29, 0.717) is 12.0 Å². The molecule has 0 aliphatic heterocycles. The third-order valence-electron chi connectivity index (χ3n) is 4.68. The molecule has 2 aliphatic carbocycles. The average molecular weight is 330 g/mol. The summed E-state index contributed by atoms with van der Waals surface area (Å²) in [6.45, 7) is 3.66.